The molecule has 0 radical (unpaired) electrons. The van der Waals surface area contributed by atoms with Crippen LogP contribution in [0.4, 0.5) is 11.5 Å². The van der Waals surface area contributed by atoms with Gasteiger partial charge in [0.2, 0.25) is 0 Å². The topological polar surface area (TPSA) is 29.3 Å². The lowest BCUT2D eigenvalue weighted by Crippen LogP contribution is -2.05. The highest BCUT2D eigenvalue weighted by atomic mass is 15.1. The molecule has 27 heavy (non-hydrogen) atoms. The van der Waals surface area contributed by atoms with Gasteiger partial charge in [-0.2, -0.15) is 0 Å². The molecule has 0 aliphatic heterocycles. The summed E-state index contributed by atoms with van der Waals surface area (Å²) in [6, 6.07) is 23.2. The summed E-state index contributed by atoms with van der Waals surface area (Å²) in [5, 5.41) is 3.72. The Balaban J connectivity index is 1.92. The van der Waals surface area contributed by atoms with E-state index in [1.165, 1.54) is 22.4 Å². The van der Waals surface area contributed by atoms with Gasteiger partial charge in [-0.05, 0) is 49.6 Å². The molecule has 0 bridgehead atoms. The molecule has 4 rings (SSSR count). The standard InChI is InChI=1S/C24H25N3/c1-16-10-8-11-17(2)22(16)26-24-23(19(4)20-13-6-5-7-14-20)25-21-15-9-12-18(3)27(21)24/h5-15,19,26H,1-4H3. The lowest BCUT2D eigenvalue weighted by atomic mass is 9.97. The molecule has 4 aromatic rings. The molecule has 2 aromatic carbocycles. The van der Waals surface area contributed by atoms with Crippen molar-refractivity contribution in [3.8, 4) is 0 Å². The van der Waals surface area contributed by atoms with E-state index in [4.69, 9.17) is 4.98 Å². The van der Waals surface area contributed by atoms with Crippen molar-refractivity contribution in [3.63, 3.8) is 0 Å². The van der Waals surface area contributed by atoms with Crippen molar-refractivity contribution in [3.05, 3.63) is 94.8 Å². The van der Waals surface area contributed by atoms with E-state index in [1.54, 1.807) is 0 Å². The Kier molecular flexibility index (Phi) is 4.44. The molecular weight excluding hydrogens is 330 g/mol. The minimum Gasteiger partial charge on any atom is -0.339 e. The molecular formula is C24H25N3. The average molecular weight is 355 g/mol. The van der Waals surface area contributed by atoms with Crippen LogP contribution in [0, 0.1) is 20.8 Å². The highest BCUT2D eigenvalue weighted by Gasteiger charge is 2.21. The molecule has 0 fully saturated rings. The zero-order valence-electron chi connectivity index (χ0n) is 16.3. The lowest BCUT2D eigenvalue weighted by molar-refractivity contribution is 0.887. The number of fused-ring (bicyclic) bond motifs is 1. The summed E-state index contributed by atoms with van der Waals surface area (Å²) in [7, 11) is 0. The van der Waals surface area contributed by atoms with E-state index in [9.17, 15) is 0 Å². The first-order valence-electron chi connectivity index (χ1n) is 9.42. The maximum absolute atomic E-state index is 5.01. The van der Waals surface area contributed by atoms with E-state index >= 15 is 0 Å². The fourth-order valence-electron chi connectivity index (χ4n) is 3.72. The number of pyridine rings is 1. The summed E-state index contributed by atoms with van der Waals surface area (Å²) in [4.78, 5) is 5.01. The summed E-state index contributed by atoms with van der Waals surface area (Å²) in [5.74, 6) is 1.24. The van der Waals surface area contributed by atoms with E-state index in [-0.39, 0.29) is 5.92 Å². The van der Waals surface area contributed by atoms with Crippen LogP contribution in [0.25, 0.3) is 5.65 Å². The van der Waals surface area contributed by atoms with Crippen LogP contribution in [0.2, 0.25) is 0 Å². The molecule has 0 saturated heterocycles. The predicted octanol–water partition coefficient (Wildman–Crippen LogP) is 6.15. The summed E-state index contributed by atoms with van der Waals surface area (Å²) < 4.78 is 2.22. The third kappa shape index (κ3) is 3.10. The smallest absolute Gasteiger partial charge is 0.139 e. The van der Waals surface area contributed by atoms with Gasteiger partial charge < -0.3 is 5.32 Å². The first-order chi connectivity index (χ1) is 13.1. The van der Waals surface area contributed by atoms with Gasteiger partial charge in [0.1, 0.15) is 11.5 Å². The fraction of sp³-hybridized carbons (Fsp3) is 0.208. The first kappa shape index (κ1) is 17.3. The SMILES string of the molecule is Cc1cccc(C)c1Nc1c(C(C)c2ccccc2)nc2cccc(C)n12. The molecule has 3 heteroatoms. The van der Waals surface area contributed by atoms with Gasteiger partial charge in [-0.3, -0.25) is 4.40 Å². The number of hydrogen-bond acceptors (Lipinski definition) is 2. The quantitative estimate of drug-likeness (QED) is 0.475. The molecule has 0 spiro atoms. The Hall–Kier alpha value is -3.07. The van der Waals surface area contributed by atoms with E-state index in [0.717, 1.165) is 22.8 Å². The van der Waals surface area contributed by atoms with Gasteiger partial charge >= 0.3 is 0 Å². The van der Waals surface area contributed by atoms with Gasteiger partial charge in [-0.15, -0.1) is 0 Å². The fourth-order valence-corrected chi connectivity index (χ4v) is 3.72. The van der Waals surface area contributed by atoms with Crippen molar-refractivity contribution in [2.45, 2.75) is 33.6 Å². The highest BCUT2D eigenvalue weighted by Crippen LogP contribution is 2.34. The van der Waals surface area contributed by atoms with Gasteiger partial charge in [0.15, 0.2) is 0 Å². The number of nitrogens with zero attached hydrogens (tertiary/aromatic N) is 2. The second-order valence-electron chi connectivity index (χ2n) is 7.23. The van der Waals surface area contributed by atoms with Gasteiger partial charge in [-0.25, -0.2) is 4.98 Å². The summed E-state index contributed by atoms with van der Waals surface area (Å²) in [6.45, 7) is 8.64. The van der Waals surface area contributed by atoms with Crippen molar-refractivity contribution >= 4 is 17.2 Å². The Bertz CT molecular complexity index is 1070. The molecule has 2 heterocycles. The number of hydrogen-bond donors (Lipinski definition) is 1. The van der Waals surface area contributed by atoms with Crippen LogP contribution in [0.5, 0.6) is 0 Å². The van der Waals surface area contributed by atoms with E-state index in [1.807, 2.05) is 0 Å². The van der Waals surface area contributed by atoms with Crippen LogP contribution >= 0.6 is 0 Å². The molecule has 3 nitrogen and oxygen atoms in total. The molecule has 2 aromatic heterocycles. The zero-order valence-corrected chi connectivity index (χ0v) is 16.3. The van der Waals surface area contributed by atoms with E-state index in [2.05, 4.69) is 104 Å². The number of benzene rings is 2. The number of imidazole rings is 1. The van der Waals surface area contributed by atoms with Crippen LogP contribution in [0.3, 0.4) is 0 Å². The lowest BCUT2D eigenvalue weighted by Gasteiger charge is -2.17. The molecule has 0 amide bonds. The van der Waals surface area contributed by atoms with Gasteiger partial charge in [0, 0.05) is 17.3 Å². The first-order valence-corrected chi connectivity index (χ1v) is 9.42. The maximum Gasteiger partial charge on any atom is 0.139 e. The Morgan fingerprint density at radius 3 is 2.19 bits per heavy atom. The third-order valence-corrected chi connectivity index (χ3v) is 5.30. The minimum atomic E-state index is 0.192. The molecule has 1 unspecified atom stereocenters. The van der Waals surface area contributed by atoms with Gasteiger partial charge in [0.25, 0.3) is 0 Å². The average Bonchev–Trinajstić information content (AvgIpc) is 3.04. The van der Waals surface area contributed by atoms with Crippen molar-refractivity contribution in [1.29, 1.82) is 0 Å². The monoisotopic (exact) mass is 355 g/mol. The molecule has 1 N–H and O–H groups in total. The number of aromatic nitrogens is 2. The number of rotatable bonds is 4. The van der Waals surface area contributed by atoms with E-state index < -0.39 is 0 Å². The van der Waals surface area contributed by atoms with Crippen LogP contribution in [0.15, 0.2) is 66.7 Å². The second kappa shape index (κ2) is 6.92. The molecule has 1 atom stereocenters. The normalized spacial score (nSPS) is 12.3. The van der Waals surface area contributed by atoms with Crippen molar-refractivity contribution < 1.29 is 0 Å². The Morgan fingerprint density at radius 1 is 0.815 bits per heavy atom. The zero-order chi connectivity index (χ0) is 19.0. The highest BCUT2D eigenvalue weighted by molar-refractivity contribution is 5.70. The predicted molar refractivity (Wildman–Crippen MR) is 113 cm³/mol. The number of para-hydroxylation sites is 1. The minimum absolute atomic E-state index is 0.192. The van der Waals surface area contributed by atoms with Crippen molar-refractivity contribution in [2.75, 3.05) is 5.32 Å². The Morgan fingerprint density at radius 2 is 1.48 bits per heavy atom. The molecule has 136 valence electrons. The van der Waals surface area contributed by atoms with Crippen molar-refractivity contribution in [1.82, 2.24) is 9.38 Å². The van der Waals surface area contributed by atoms with E-state index in [0.29, 0.717) is 0 Å². The Labute approximate surface area is 160 Å². The third-order valence-electron chi connectivity index (χ3n) is 5.30. The largest absolute Gasteiger partial charge is 0.339 e. The van der Waals surface area contributed by atoms with Gasteiger partial charge in [0.05, 0.1) is 5.69 Å². The van der Waals surface area contributed by atoms with Crippen LogP contribution in [-0.2, 0) is 0 Å². The maximum atomic E-state index is 5.01. The summed E-state index contributed by atoms with van der Waals surface area (Å²) in [6.07, 6.45) is 0. The summed E-state index contributed by atoms with van der Waals surface area (Å²) in [5.41, 5.74) is 8.10. The van der Waals surface area contributed by atoms with Crippen molar-refractivity contribution in [2.24, 2.45) is 0 Å². The number of anilines is 2. The van der Waals surface area contributed by atoms with Crippen LogP contribution in [-0.4, -0.2) is 9.38 Å². The van der Waals surface area contributed by atoms with Gasteiger partial charge in [-0.1, -0.05) is 61.5 Å². The second-order valence-corrected chi connectivity index (χ2v) is 7.23. The summed E-state index contributed by atoms with van der Waals surface area (Å²) >= 11 is 0. The number of nitrogens with one attached hydrogen (secondary N) is 1. The molecule has 0 aliphatic carbocycles. The number of aryl methyl sites for hydroxylation is 3. The van der Waals surface area contributed by atoms with Crippen LogP contribution < -0.4 is 5.32 Å². The molecule has 0 aliphatic rings. The molecule has 0 saturated carbocycles. The van der Waals surface area contributed by atoms with Crippen LogP contribution in [0.1, 0.15) is 40.9 Å².